The minimum absolute atomic E-state index is 0.138. The van der Waals surface area contributed by atoms with Gasteiger partial charge in [-0.1, -0.05) is 39.0 Å². The summed E-state index contributed by atoms with van der Waals surface area (Å²) in [5, 5.41) is 0. The zero-order chi connectivity index (χ0) is 18.0. The summed E-state index contributed by atoms with van der Waals surface area (Å²) in [5.74, 6) is -0.229. The molecular formula is C18H20N2O3S. The number of carbonyl (C=O) groups is 1. The van der Waals surface area contributed by atoms with E-state index in [0.29, 0.717) is 17.0 Å². The topological polar surface area (TPSA) is 75.9 Å². The van der Waals surface area contributed by atoms with Gasteiger partial charge in [0, 0.05) is 5.41 Å². The first-order chi connectivity index (χ1) is 11.1. The molecule has 0 saturated heterocycles. The highest BCUT2D eigenvalue weighted by molar-refractivity contribution is 7.90. The zero-order valence-corrected chi connectivity index (χ0v) is 15.0. The molecule has 0 aromatic heterocycles. The monoisotopic (exact) mass is 344 g/mol. The molecule has 0 unspecified atom stereocenters. The van der Waals surface area contributed by atoms with E-state index in [9.17, 15) is 13.2 Å². The average Bonchev–Trinajstić information content (AvgIpc) is 2.49. The van der Waals surface area contributed by atoms with Crippen LogP contribution in [0.2, 0.25) is 0 Å². The number of sulfonamides is 1. The van der Waals surface area contributed by atoms with E-state index in [1.54, 1.807) is 64.1 Å². The minimum Gasteiger partial charge on any atom is -0.272 e. The van der Waals surface area contributed by atoms with Crippen LogP contribution in [0.15, 0.2) is 68.4 Å². The summed E-state index contributed by atoms with van der Waals surface area (Å²) < 4.78 is 28.4. The molecule has 0 spiro atoms. The number of allylic oxidation sites excluding steroid dienone is 4. The lowest BCUT2D eigenvalue weighted by Crippen LogP contribution is -2.20. The van der Waals surface area contributed by atoms with Gasteiger partial charge < -0.3 is 0 Å². The van der Waals surface area contributed by atoms with Crippen molar-refractivity contribution in [3.8, 4) is 0 Å². The third-order valence-corrected chi connectivity index (χ3v) is 4.63. The van der Waals surface area contributed by atoms with Crippen molar-refractivity contribution < 1.29 is 13.2 Å². The van der Waals surface area contributed by atoms with E-state index in [1.807, 2.05) is 0 Å². The smallest absolute Gasteiger partial charge is 0.272 e. The fraction of sp³-hybridized carbons (Fsp3) is 0.278. The van der Waals surface area contributed by atoms with Crippen LogP contribution in [-0.2, 0) is 14.8 Å². The fourth-order valence-corrected chi connectivity index (χ4v) is 2.88. The SMILES string of the molecule is CC1=C/C(=N\S(=O)(=O)c2ccccc2)C=CC1=NC(=O)C(C)(C)C. The molecule has 0 saturated carbocycles. The second kappa shape index (κ2) is 6.65. The van der Waals surface area contributed by atoms with Crippen molar-refractivity contribution in [1.29, 1.82) is 0 Å². The lowest BCUT2D eigenvalue weighted by atomic mass is 9.95. The van der Waals surface area contributed by atoms with E-state index in [4.69, 9.17) is 0 Å². The Morgan fingerprint density at radius 1 is 1.04 bits per heavy atom. The molecule has 5 nitrogen and oxygen atoms in total. The number of hydrogen-bond acceptors (Lipinski definition) is 3. The van der Waals surface area contributed by atoms with E-state index < -0.39 is 15.4 Å². The van der Waals surface area contributed by atoms with Crippen molar-refractivity contribution in [3.05, 3.63) is 54.1 Å². The second-order valence-corrected chi connectivity index (χ2v) is 8.12. The van der Waals surface area contributed by atoms with Crippen molar-refractivity contribution in [1.82, 2.24) is 0 Å². The van der Waals surface area contributed by atoms with Crippen LogP contribution in [0.5, 0.6) is 0 Å². The highest BCUT2D eigenvalue weighted by Crippen LogP contribution is 2.18. The van der Waals surface area contributed by atoms with Crippen LogP contribution in [0.3, 0.4) is 0 Å². The van der Waals surface area contributed by atoms with Crippen LogP contribution in [0.4, 0.5) is 0 Å². The van der Waals surface area contributed by atoms with Gasteiger partial charge in [0.1, 0.15) is 0 Å². The molecule has 6 heteroatoms. The minimum atomic E-state index is -3.76. The first-order valence-electron chi connectivity index (χ1n) is 7.49. The molecule has 0 aliphatic heterocycles. The average molecular weight is 344 g/mol. The summed E-state index contributed by atoms with van der Waals surface area (Å²) in [6, 6.07) is 8.03. The lowest BCUT2D eigenvalue weighted by Gasteiger charge is -2.14. The third kappa shape index (κ3) is 4.35. The van der Waals surface area contributed by atoms with Crippen molar-refractivity contribution in [2.45, 2.75) is 32.6 Å². The van der Waals surface area contributed by atoms with E-state index in [-0.39, 0.29) is 10.8 Å². The number of amides is 1. The van der Waals surface area contributed by atoms with Crippen LogP contribution >= 0.6 is 0 Å². The summed E-state index contributed by atoms with van der Waals surface area (Å²) in [4.78, 5) is 16.2. The number of hydrogen-bond donors (Lipinski definition) is 0. The Morgan fingerprint density at radius 3 is 2.21 bits per heavy atom. The van der Waals surface area contributed by atoms with Crippen molar-refractivity contribution in [2.75, 3.05) is 0 Å². The van der Waals surface area contributed by atoms with Gasteiger partial charge in [0.15, 0.2) is 0 Å². The second-order valence-electron chi connectivity index (χ2n) is 6.52. The maximum Gasteiger partial charge on any atom is 0.282 e. The normalized spacial score (nSPS) is 18.8. The van der Waals surface area contributed by atoms with E-state index in [2.05, 4.69) is 9.39 Å². The number of aliphatic imine (C=N–C) groups is 1. The van der Waals surface area contributed by atoms with Gasteiger partial charge in [0.2, 0.25) is 0 Å². The lowest BCUT2D eigenvalue weighted by molar-refractivity contribution is -0.124. The van der Waals surface area contributed by atoms with Gasteiger partial charge in [-0.2, -0.15) is 12.8 Å². The molecule has 126 valence electrons. The number of nitrogens with zero attached hydrogens (tertiary/aromatic N) is 2. The number of carbonyl (C=O) groups excluding carboxylic acids is 1. The first-order valence-corrected chi connectivity index (χ1v) is 8.93. The highest BCUT2D eigenvalue weighted by atomic mass is 32.2. The molecule has 1 aliphatic carbocycles. The fourth-order valence-electron chi connectivity index (χ4n) is 1.88. The van der Waals surface area contributed by atoms with Gasteiger partial charge in [0.25, 0.3) is 15.9 Å². The Labute approximate surface area is 142 Å². The molecule has 1 aromatic carbocycles. The van der Waals surface area contributed by atoms with Crippen molar-refractivity contribution in [2.24, 2.45) is 14.8 Å². The molecular weight excluding hydrogens is 324 g/mol. The number of benzene rings is 1. The molecule has 0 fully saturated rings. The quantitative estimate of drug-likeness (QED) is 0.772. The zero-order valence-electron chi connectivity index (χ0n) is 14.1. The highest BCUT2D eigenvalue weighted by Gasteiger charge is 2.22. The molecule has 0 heterocycles. The Kier molecular flexibility index (Phi) is 4.99. The molecule has 0 bridgehead atoms. The van der Waals surface area contributed by atoms with Crippen LogP contribution in [0.25, 0.3) is 0 Å². The molecule has 0 radical (unpaired) electrons. The molecule has 2 rings (SSSR count). The standard InChI is InChI=1S/C18H20N2O3S/c1-13-12-14(10-11-16(13)19-17(21)18(2,3)4)20-24(22,23)15-8-6-5-7-9-15/h5-12H,1-4H3/b19-16?,20-14-. The summed E-state index contributed by atoms with van der Waals surface area (Å²) in [6.45, 7) is 7.15. The van der Waals surface area contributed by atoms with Gasteiger partial charge in [-0.15, -0.1) is 0 Å². The summed E-state index contributed by atoms with van der Waals surface area (Å²) in [6.07, 6.45) is 4.76. The van der Waals surface area contributed by atoms with Gasteiger partial charge >= 0.3 is 0 Å². The van der Waals surface area contributed by atoms with E-state index in [0.717, 1.165) is 0 Å². The summed E-state index contributed by atoms with van der Waals surface area (Å²) >= 11 is 0. The van der Waals surface area contributed by atoms with Gasteiger partial charge in [-0.25, -0.2) is 4.99 Å². The van der Waals surface area contributed by atoms with E-state index >= 15 is 0 Å². The van der Waals surface area contributed by atoms with Crippen LogP contribution in [0.1, 0.15) is 27.7 Å². The largest absolute Gasteiger partial charge is 0.282 e. The molecule has 1 amide bonds. The van der Waals surface area contributed by atoms with Crippen molar-refractivity contribution >= 4 is 27.4 Å². The first kappa shape index (κ1) is 18.0. The maximum atomic E-state index is 12.3. The Balaban J connectivity index is 2.31. The van der Waals surface area contributed by atoms with Gasteiger partial charge in [0.05, 0.1) is 16.3 Å². The summed E-state index contributed by atoms with van der Waals surface area (Å²) in [5.41, 5.74) is 0.952. The number of rotatable bonds is 2. The Bertz CT molecular complexity index is 869. The van der Waals surface area contributed by atoms with E-state index in [1.165, 1.54) is 12.1 Å². The molecule has 0 atom stereocenters. The maximum absolute atomic E-state index is 12.3. The molecule has 24 heavy (non-hydrogen) atoms. The third-order valence-electron chi connectivity index (χ3n) is 3.31. The van der Waals surface area contributed by atoms with Gasteiger partial charge in [-0.3, -0.25) is 4.79 Å². The predicted molar refractivity (Wildman–Crippen MR) is 95.9 cm³/mol. The van der Waals surface area contributed by atoms with Crippen LogP contribution in [0, 0.1) is 5.41 Å². The van der Waals surface area contributed by atoms with Crippen LogP contribution in [-0.4, -0.2) is 25.7 Å². The predicted octanol–water partition coefficient (Wildman–Crippen LogP) is 3.35. The van der Waals surface area contributed by atoms with Gasteiger partial charge in [-0.05, 0) is 42.9 Å². The summed E-state index contributed by atoms with van der Waals surface area (Å²) in [7, 11) is -3.76. The molecule has 1 aromatic rings. The Morgan fingerprint density at radius 2 is 1.67 bits per heavy atom. The van der Waals surface area contributed by atoms with Crippen molar-refractivity contribution in [3.63, 3.8) is 0 Å². The van der Waals surface area contributed by atoms with Crippen LogP contribution < -0.4 is 0 Å². The Hall–Kier alpha value is -2.34. The molecule has 1 aliphatic rings. The molecule has 0 N–H and O–H groups in total.